The molecule has 148 valence electrons. The zero-order valence-electron chi connectivity index (χ0n) is 16.5. The van der Waals surface area contributed by atoms with E-state index >= 15 is 0 Å². The molecule has 1 aromatic heterocycles. The molecule has 0 saturated heterocycles. The summed E-state index contributed by atoms with van der Waals surface area (Å²) in [4.78, 5) is 12.2. The number of esters is 1. The third kappa shape index (κ3) is 5.63. The van der Waals surface area contributed by atoms with Gasteiger partial charge in [0.15, 0.2) is 11.0 Å². The van der Waals surface area contributed by atoms with Crippen LogP contribution in [0.1, 0.15) is 33.5 Å². The van der Waals surface area contributed by atoms with Crippen LogP contribution >= 0.6 is 11.8 Å². The average molecular weight is 394 g/mol. The normalized spacial score (nSPS) is 12.1. The fraction of sp³-hybridized carbons (Fsp3) is 0.526. The molecule has 0 bridgehead atoms. The smallest absolute Gasteiger partial charge is 0.319 e. The minimum absolute atomic E-state index is 0.118. The standard InChI is InChI=1S/C19H27N3O4S/c1-6-22-16(12-26-15-10-8-9-14(11-15)24-5)20-21-19(22)27-17(13(3)4)18(23)25-7-2/h8-11,13,17H,6-7,12H2,1-5H3/t17-/m1/s1. The molecular weight excluding hydrogens is 366 g/mol. The van der Waals surface area contributed by atoms with Gasteiger partial charge in [0, 0.05) is 12.6 Å². The van der Waals surface area contributed by atoms with Crippen LogP contribution in [-0.2, 0) is 22.7 Å². The molecule has 1 heterocycles. The lowest BCUT2D eigenvalue weighted by molar-refractivity contribution is -0.143. The van der Waals surface area contributed by atoms with Crippen molar-refractivity contribution in [3.63, 3.8) is 0 Å². The largest absolute Gasteiger partial charge is 0.497 e. The third-order valence-corrected chi connectivity index (χ3v) is 5.38. The molecule has 2 aromatic rings. The first-order valence-electron chi connectivity index (χ1n) is 9.02. The van der Waals surface area contributed by atoms with Crippen molar-refractivity contribution in [2.75, 3.05) is 13.7 Å². The summed E-state index contributed by atoms with van der Waals surface area (Å²) >= 11 is 1.38. The van der Waals surface area contributed by atoms with Gasteiger partial charge >= 0.3 is 5.97 Å². The van der Waals surface area contributed by atoms with Gasteiger partial charge in [-0.2, -0.15) is 0 Å². The average Bonchev–Trinajstić information content (AvgIpc) is 3.06. The van der Waals surface area contributed by atoms with E-state index in [1.54, 1.807) is 7.11 Å². The Hall–Kier alpha value is -2.22. The molecule has 8 heteroatoms. The summed E-state index contributed by atoms with van der Waals surface area (Å²) in [5, 5.41) is 8.87. The minimum atomic E-state index is -0.327. The Balaban J connectivity index is 2.11. The number of carbonyl (C=O) groups excluding carboxylic acids is 1. The van der Waals surface area contributed by atoms with Crippen LogP contribution in [0.25, 0.3) is 0 Å². The van der Waals surface area contributed by atoms with Crippen LogP contribution in [0.3, 0.4) is 0 Å². The van der Waals surface area contributed by atoms with Crippen molar-refractivity contribution in [3.05, 3.63) is 30.1 Å². The Morgan fingerprint density at radius 1 is 1.22 bits per heavy atom. The number of hydrogen-bond acceptors (Lipinski definition) is 7. The van der Waals surface area contributed by atoms with E-state index in [1.807, 2.05) is 56.5 Å². The first-order chi connectivity index (χ1) is 13.0. The number of methoxy groups -OCH3 is 1. The molecule has 2 rings (SSSR count). The van der Waals surface area contributed by atoms with Gasteiger partial charge in [0.1, 0.15) is 23.4 Å². The van der Waals surface area contributed by atoms with E-state index < -0.39 is 0 Å². The molecule has 0 unspecified atom stereocenters. The third-order valence-electron chi connectivity index (χ3n) is 3.88. The molecule has 0 amide bonds. The first-order valence-corrected chi connectivity index (χ1v) is 9.90. The number of rotatable bonds is 10. The van der Waals surface area contributed by atoms with E-state index in [0.717, 1.165) is 5.75 Å². The van der Waals surface area contributed by atoms with E-state index in [0.29, 0.717) is 29.9 Å². The highest BCUT2D eigenvalue weighted by molar-refractivity contribution is 8.00. The van der Waals surface area contributed by atoms with Gasteiger partial charge in [-0.1, -0.05) is 31.7 Å². The van der Waals surface area contributed by atoms with Gasteiger partial charge in [-0.15, -0.1) is 10.2 Å². The van der Waals surface area contributed by atoms with Crippen LogP contribution < -0.4 is 9.47 Å². The summed E-state index contributed by atoms with van der Waals surface area (Å²) in [5.41, 5.74) is 0. The fourth-order valence-corrected chi connectivity index (χ4v) is 3.58. The van der Waals surface area contributed by atoms with Gasteiger partial charge in [-0.25, -0.2) is 0 Å². The molecule has 0 N–H and O–H groups in total. The van der Waals surface area contributed by atoms with Crippen molar-refractivity contribution in [1.29, 1.82) is 0 Å². The number of hydrogen-bond donors (Lipinski definition) is 0. The summed E-state index contributed by atoms with van der Waals surface area (Å²) in [6.45, 7) is 9.13. The highest BCUT2D eigenvalue weighted by Gasteiger charge is 2.27. The summed E-state index contributed by atoms with van der Waals surface area (Å²) < 4.78 is 18.2. The van der Waals surface area contributed by atoms with E-state index in [1.165, 1.54) is 11.8 Å². The van der Waals surface area contributed by atoms with Gasteiger partial charge in [0.2, 0.25) is 0 Å². The Labute approximate surface area is 164 Å². The monoisotopic (exact) mass is 393 g/mol. The van der Waals surface area contributed by atoms with Crippen LogP contribution in [0.4, 0.5) is 0 Å². The van der Waals surface area contributed by atoms with Gasteiger partial charge in [0.25, 0.3) is 0 Å². The topological polar surface area (TPSA) is 75.5 Å². The van der Waals surface area contributed by atoms with E-state index in [2.05, 4.69) is 10.2 Å². The number of benzene rings is 1. The molecule has 0 aliphatic rings. The van der Waals surface area contributed by atoms with E-state index in [4.69, 9.17) is 14.2 Å². The van der Waals surface area contributed by atoms with E-state index in [9.17, 15) is 4.79 Å². The quantitative estimate of drug-likeness (QED) is 0.451. The maximum atomic E-state index is 12.2. The molecule has 0 aliphatic carbocycles. The van der Waals surface area contributed by atoms with Gasteiger partial charge in [0.05, 0.1) is 13.7 Å². The Morgan fingerprint density at radius 3 is 2.59 bits per heavy atom. The summed E-state index contributed by atoms with van der Waals surface area (Å²) in [6.07, 6.45) is 0. The second kappa shape index (κ2) is 10.2. The maximum absolute atomic E-state index is 12.2. The fourth-order valence-electron chi connectivity index (χ4n) is 2.46. The highest BCUT2D eigenvalue weighted by atomic mass is 32.2. The molecule has 0 aliphatic heterocycles. The number of nitrogens with zero attached hydrogens (tertiary/aromatic N) is 3. The van der Waals surface area contributed by atoms with Crippen molar-refractivity contribution in [2.24, 2.45) is 5.92 Å². The molecule has 1 aromatic carbocycles. The van der Waals surface area contributed by atoms with Crippen molar-refractivity contribution in [3.8, 4) is 11.5 Å². The predicted octanol–water partition coefficient (Wildman–Crippen LogP) is 3.57. The molecule has 0 radical (unpaired) electrons. The molecule has 0 spiro atoms. The Morgan fingerprint density at radius 2 is 1.96 bits per heavy atom. The molecule has 0 fully saturated rings. The van der Waals surface area contributed by atoms with Crippen LogP contribution in [0.15, 0.2) is 29.4 Å². The van der Waals surface area contributed by atoms with E-state index in [-0.39, 0.29) is 23.7 Å². The van der Waals surface area contributed by atoms with Crippen molar-refractivity contribution >= 4 is 17.7 Å². The van der Waals surface area contributed by atoms with Crippen LogP contribution in [0.5, 0.6) is 11.5 Å². The Kier molecular flexibility index (Phi) is 7.97. The number of ether oxygens (including phenoxy) is 3. The number of carbonyl (C=O) groups is 1. The zero-order chi connectivity index (χ0) is 19.8. The Bertz CT molecular complexity index is 748. The van der Waals surface area contributed by atoms with Gasteiger partial charge < -0.3 is 18.8 Å². The second-order valence-corrected chi connectivity index (χ2v) is 7.25. The predicted molar refractivity (Wildman–Crippen MR) is 104 cm³/mol. The molecule has 27 heavy (non-hydrogen) atoms. The van der Waals surface area contributed by atoms with Crippen LogP contribution in [0.2, 0.25) is 0 Å². The number of thioether (sulfide) groups is 1. The molecule has 1 atom stereocenters. The van der Waals surface area contributed by atoms with Crippen LogP contribution in [-0.4, -0.2) is 39.7 Å². The van der Waals surface area contributed by atoms with Crippen molar-refractivity contribution < 1.29 is 19.0 Å². The maximum Gasteiger partial charge on any atom is 0.319 e. The lowest BCUT2D eigenvalue weighted by Crippen LogP contribution is -2.26. The SMILES string of the molecule is CCOC(=O)[C@H](Sc1nnc(COc2cccc(OC)c2)n1CC)C(C)C. The minimum Gasteiger partial charge on any atom is -0.497 e. The second-order valence-electron chi connectivity index (χ2n) is 6.15. The first kappa shape index (κ1) is 21.1. The van der Waals surface area contributed by atoms with Crippen LogP contribution in [0, 0.1) is 5.92 Å². The summed E-state index contributed by atoms with van der Waals surface area (Å²) in [5.74, 6) is 2.02. The molecular formula is C19H27N3O4S. The highest BCUT2D eigenvalue weighted by Crippen LogP contribution is 2.29. The van der Waals surface area contributed by atoms with Gasteiger partial charge in [-0.3, -0.25) is 4.79 Å². The van der Waals surface area contributed by atoms with Crippen molar-refractivity contribution in [2.45, 2.75) is 51.3 Å². The lowest BCUT2D eigenvalue weighted by Gasteiger charge is -2.18. The van der Waals surface area contributed by atoms with Gasteiger partial charge in [-0.05, 0) is 31.9 Å². The molecule has 0 saturated carbocycles. The summed E-state index contributed by atoms with van der Waals surface area (Å²) in [7, 11) is 1.62. The molecule has 7 nitrogen and oxygen atoms in total. The summed E-state index contributed by atoms with van der Waals surface area (Å²) in [6, 6.07) is 7.41. The van der Waals surface area contributed by atoms with Crippen molar-refractivity contribution in [1.82, 2.24) is 14.8 Å². The lowest BCUT2D eigenvalue weighted by atomic mass is 10.1. The number of aromatic nitrogens is 3. The zero-order valence-corrected chi connectivity index (χ0v) is 17.3.